The third-order valence-electron chi connectivity index (χ3n) is 5.46. The zero-order valence-electron chi connectivity index (χ0n) is 19.4. The summed E-state index contributed by atoms with van der Waals surface area (Å²) in [5.41, 5.74) is 1.64. The number of fused-ring (bicyclic) bond motifs is 1. The van der Waals surface area contributed by atoms with Gasteiger partial charge in [-0.1, -0.05) is 23.5 Å². The summed E-state index contributed by atoms with van der Waals surface area (Å²) in [7, 11) is 3.07. The van der Waals surface area contributed by atoms with E-state index in [4.69, 9.17) is 14.2 Å². The molecule has 0 unspecified atom stereocenters. The number of aromatic nitrogens is 1. The standard InChI is InChI=1S/C25H22BrFN2O5S/c1-5-34-24(31)20-13(2)28-25-29(21(20)15-6-8-16(27)9-7-15)23(30)19(35-25)12-14-10-17(26)22(33-4)18(11-14)32-3/h6-12,21H,5H2,1-4H3/b19-12-/t21-/m0/s1. The van der Waals surface area contributed by atoms with E-state index in [1.807, 2.05) is 6.07 Å². The Morgan fingerprint density at radius 3 is 2.57 bits per heavy atom. The first-order chi connectivity index (χ1) is 16.8. The molecule has 0 bridgehead atoms. The number of rotatable bonds is 6. The minimum Gasteiger partial charge on any atom is -0.493 e. The Bertz CT molecular complexity index is 1510. The topological polar surface area (TPSA) is 79.1 Å². The second-order valence-corrected chi connectivity index (χ2v) is 9.46. The number of esters is 1. The third kappa shape index (κ3) is 4.68. The highest BCUT2D eigenvalue weighted by atomic mass is 79.9. The Kier molecular flexibility index (Phi) is 7.23. The highest BCUT2D eigenvalue weighted by Crippen LogP contribution is 2.36. The molecule has 0 amide bonds. The molecule has 1 atom stereocenters. The first-order valence-electron chi connectivity index (χ1n) is 10.7. The SMILES string of the molecule is CCOC(=O)C1=C(C)N=c2s/c(=C\c3cc(Br)c(OC)c(OC)c3)c(=O)n2[C@H]1c1ccc(F)cc1. The van der Waals surface area contributed by atoms with E-state index in [1.165, 1.54) is 35.1 Å². The minimum atomic E-state index is -0.801. The second-order valence-electron chi connectivity index (χ2n) is 7.59. The number of ether oxygens (including phenoxy) is 3. The number of allylic oxidation sites excluding steroid dienone is 1. The summed E-state index contributed by atoms with van der Waals surface area (Å²) in [4.78, 5) is 31.5. The number of benzene rings is 2. The maximum atomic E-state index is 13.7. The molecule has 0 saturated carbocycles. The van der Waals surface area contributed by atoms with Gasteiger partial charge in [0.05, 0.1) is 47.1 Å². The summed E-state index contributed by atoms with van der Waals surface area (Å²) in [5, 5.41) is 0. The zero-order chi connectivity index (χ0) is 25.3. The van der Waals surface area contributed by atoms with Crippen LogP contribution in [-0.4, -0.2) is 31.4 Å². The summed E-state index contributed by atoms with van der Waals surface area (Å²) >= 11 is 4.67. The average Bonchev–Trinajstić information content (AvgIpc) is 3.12. The van der Waals surface area contributed by atoms with Gasteiger partial charge in [0, 0.05) is 0 Å². The van der Waals surface area contributed by atoms with Gasteiger partial charge in [-0.05, 0) is 71.2 Å². The van der Waals surface area contributed by atoms with E-state index in [1.54, 1.807) is 45.2 Å². The van der Waals surface area contributed by atoms with Crippen LogP contribution < -0.4 is 24.4 Å². The number of thiazole rings is 1. The summed E-state index contributed by atoms with van der Waals surface area (Å²) in [6, 6.07) is 8.47. The van der Waals surface area contributed by atoms with Crippen molar-refractivity contribution in [3.05, 3.63) is 88.8 Å². The first kappa shape index (κ1) is 24.9. The van der Waals surface area contributed by atoms with Gasteiger partial charge < -0.3 is 14.2 Å². The highest BCUT2D eigenvalue weighted by Gasteiger charge is 2.33. The van der Waals surface area contributed by atoms with Crippen LogP contribution in [-0.2, 0) is 9.53 Å². The molecule has 0 saturated heterocycles. The Hall–Kier alpha value is -3.24. The first-order valence-corrected chi connectivity index (χ1v) is 12.3. The van der Waals surface area contributed by atoms with E-state index in [0.717, 1.165) is 0 Å². The summed E-state index contributed by atoms with van der Waals surface area (Å²) < 4.78 is 32.2. The van der Waals surface area contributed by atoms with E-state index >= 15 is 0 Å². The number of halogens is 2. The maximum Gasteiger partial charge on any atom is 0.338 e. The molecule has 4 rings (SSSR count). The van der Waals surface area contributed by atoms with Crippen LogP contribution in [0.15, 0.2) is 61.9 Å². The Balaban J connectivity index is 1.94. The van der Waals surface area contributed by atoms with E-state index < -0.39 is 17.8 Å². The van der Waals surface area contributed by atoms with Crippen molar-refractivity contribution in [2.24, 2.45) is 4.99 Å². The average molecular weight is 561 g/mol. The van der Waals surface area contributed by atoms with Gasteiger partial charge in [0.25, 0.3) is 5.56 Å². The molecule has 0 fully saturated rings. The summed E-state index contributed by atoms with van der Waals surface area (Å²) in [6.07, 6.45) is 1.72. The monoisotopic (exact) mass is 560 g/mol. The van der Waals surface area contributed by atoms with Gasteiger partial charge in [0.2, 0.25) is 0 Å². The van der Waals surface area contributed by atoms with E-state index in [0.29, 0.717) is 42.1 Å². The van der Waals surface area contributed by atoms with Crippen molar-refractivity contribution in [3.63, 3.8) is 0 Å². The van der Waals surface area contributed by atoms with E-state index in [9.17, 15) is 14.0 Å². The molecule has 3 aromatic rings. The lowest BCUT2D eigenvalue weighted by Gasteiger charge is -2.24. The number of hydrogen-bond acceptors (Lipinski definition) is 7. The van der Waals surface area contributed by atoms with Crippen molar-refractivity contribution < 1.29 is 23.4 Å². The van der Waals surface area contributed by atoms with Crippen molar-refractivity contribution in [2.45, 2.75) is 19.9 Å². The van der Waals surface area contributed by atoms with Crippen LogP contribution in [0.5, 0.6) is 11.5 Å². The van der Waals surface area contributed by atoms with Crippen LogP contribution in [0, 0.1) is 5.82 Å². The number of carbonyl (C=O) groups excluding carboxylic acids is 1. The van der Waals surface area contributed by atoms with E-state index in [2.05, 4.69) is 20.9 Å². The smallest absolute Gasteiger partial charge is 0.338 e. The molecule has 0 radical (unpaired) electrons. The fourth-order valence-electron chi connectivity index (χ4n) is 3.92. The van der Waals surface area contributed by atoms with E-state index in [-0.39, 0.29) is 17.7 Å². The highest BCUT2D eigenvalue weighted by molar-refractivity contribution is 9.10. The molecule has 0 aliphatic carbocycles. The van der Waals surface area contributed by atoms with Crippen LogP contribution >= 0.6 is 27.3 Å². The van der Waals surface area contributed by atoms with Crippen LogP contribution in [0.1, 0.15) is 31.0 Å². The lowest BCUT2D eigenvalue weighted by molar-refractivity contribution is -0.139. The minimum absolute atomic E-state index is 0.171. The van der Waals surface area contributed by atoms with Gasteiger partial charge in [-0.3, -0.25) is 9.36 Å². The van der Waals surface area contributed by atoms with Crippen LogP contribution in [0.4, 0.5) is 4.39 Å². The van der Waals surface area contributed by atoms with Gasteiger partial charge in [-0.15, -0.1) is 0 Å². The molecule has 0 N–H and O–H groups in total. The molecule has 2 aromatic carbocycles. The Morgan fingerprint density at radius 1 is 1.23 bits per heavy atom. The molecule has 1 aliphatic heterocycles. The van der Waals surface area contributed by atoms with Crippen LogP contribution in [0.25, 0.3) is 6.08 Å². The predicted molar refractivity (Wildman–Crippen MR) is 134 cm³/mol. The van der Waals surface area contributed by atoms with Gasteiger partial charge in [0.15, 0.2) is 16.3 Å². The van der Waals surface area contributed by atoms with Crippen LogP contribution in [0.3, 0.4) is 0 Å². The van der Waals surface area contributed by atoms with Crippen molar-refractivity contribution in [3.8, 4) is 11.5 Å². The van der Waals surface area contributed by atoms with Crippen LogP contribution in [0.2, 0.25) is 0 Å². The molecule has 182 valence electrons. The molecule has 10 heteroatoms. The maximum absolute atomic E-state index is 13.7. The molecule has 35 heavy (non-hydrogen) atoms. The van der Waals surface area contributed by atoms with Gasteiger partial charge >= 0.3 is 5.97 Å². The quantitative estimate of drug-likeness (QED) is 0.429. The molecule has 0 spiro atoms. The van der Waals surface area contributed by atoms with Crippen molar-refractivity contribution in [1.82, 2.24) is 4.57 Å². The Labute approximate surface area is 212 Å². The second kappa shape index (κ2) is 10.2. The molecule has 1 aliphatic rings. The Morgan fingerprint density at radius 2 is 1.94 bits per heavy atom. The number of nitrogens with zero attached hydrogens (tertiary/aromatic N) is 2. The third-order valence-corrected chi connectivity index (χ3v) is 7.03. The molecule has 7 nitrogen and oxygen atoms in total. The zero-order valence-corrected chi connectivity index (χ0v) is 21.8. The number of methoxy groups -OCH3 is 2. The van der Waals surface area contributed by atoms with Crippen molar-refractivity contribution >= 4 is 39.3 Å². The fraction of sp³-hybridized carbons (Fsp3) is 0.240. The number of hydrogen-bond donors (Lipinski definition) is 0. The molecule has 2 heterocycles. The predicted octanol–water partition coefficient (Wildman–Crippen LogP) is 3.72. The fourth-order valence-corrected chi connectivity index (χ4v) is 5.59. The largest absolute Gasteiger partial charge is 0.493 e. The lowest BCUT2D eigenvalue weighted by atomic mass is 9.96. The summed E-state index contributed by atoms with van der Waals surface area (Å²) in [6.45, 7) is 3.58. The van der Waals surface area contributed by atoms with Crippen molar-refractivity contribution in [1.29, 1.82) is 0 Å². The normalized spacial score (nSPS) is 15.5. The van der Waals surface area contributed by atoms with Gasteiger partial charge in [-0.25, -0.2) is 14.2 Å². The lowest BCUT2D eigenvalue weighted by Crippen LogP contribution is -2.39. The van der Waals surface area contributed by atoms with Gasteiger partial charge in [0.1, 0.15) is 5.82 Å². The molecular weight excluding hydrogens is 539 g/mol. The summed E-state index contributed by atoms with van der Waals surface area (Å²) in [5.74, 6) is 0.0578. The van der Waals surface area contributed by atoms with Crippen molar-refractivity contribution in [2.75, 3.05) is 20.8 Å². The molecule has 1 aromatic heterocycles. The number of carbonyl (C=O) groups is 1. The van der Waals surface area contributed by atoms with Gasteiger partial charge in [-0.2, -0.15) is 0 Å². The molecular formula is C25H22BrFN2O5S.